The van der Waals surface area contributed by atoms with Crippen LogP contribution in [-0.2, 0) is 6.54 Å². The standard InChI is InChI=1S/C13H14N2O2/c1-9-5-6-12(17-9)8-15-13(16)10-3-2-4-11(14)7-10/h2-7H,8,14H2,1H3,(H,15,16). The van der Waals surface area contributed by atoms with Crippen molar-refractivity contribution in [2.24, 2.45) is 0 Å². The molecule has 0 unspecified atom stereocenters. The van der Waals surface area contributed by atoms with Crippen LogP contribution in [0.5, 0.6) is 0 Å². The van der Waals surface area contributed by atoms with Gasteiger partial charge in [0, 0.05) is 11.3 Å². The highest BCUT2D eigenvalue weighted by molar-refractivity contribution is 5.94. The Bertz CT molecular complexity index is 532. The lowest BCUT2D eigenvalue weighted by Crippen LogP contribution is -2.22. The summed E-state index contributed by atoms with van der Waals surface area (Å²) in [5, 5.41) is 2.77. The van der Waals surface area contributed by atoms with Crippen molar-refractivity contribution in [2.45, 2.75) is 13.5 Å². The zero-order valence-corrected chi connectivity index (χ0v) is 9.57. The molecule has 1 heterocycles. The zero-order chi connectivity index (χ0) is 12.3. The number of benzene rings is 1. The fourth-order valence-corrected chi connectivity index (χ4v) is 1.53. The van der Waals surface area contributed by atoms with Gasteiger partial charge in [-0.05, 0) is 37.3 Å². The zero-order valence-electron chi connectivity index (χ0n) is 9.57. The van der Waals surface area contributed by atoms with E-state index in [1.54, 1.807) is 24.3 Å². The average Bonchev–Trinajstić information content (AvgIpc) is 2.72. The molecule has 4 heteroatoms. The first-order valence-electron chi connectivity index (χ1n) is 5.34. The Morgan fingerprint density at radius 1 is 1.35 bits per heavy atom. The first-order chi connectivity index (χ1) is 8.15. The van der Waals surface area contributed by atoms with Gasteiger partial charge in [0.05, 0.1) is 6.54 Å². The fourth-order valence-electron chi connectivity index (χ4n) is 1.53. The lowest BCUT2D eigenvalue weighted by Gasteiger charge is -2.03. The second kappa shape index (κ2) is 4.74. The van der Waals surface area contributed by atoms with E-state index >= 15 is 0 Å². The van der Waals surface area contributed by atoms with Crippen molar-refractivity contribution >= 4 is 11.6 Å². The van der Waals surface area contributed by atoms with Crippen LogP contribution < -0.4 is 11.1 Å². The lowest BCUT2D eigenvalue weighted by molar-refractivity contribution is 0.0948. The molecular formula is C13H14N2O2. The van der Waals surface area contributed by atoms with E-state index in [0.29, 0.717) is 17.8 Å². The molecule has 0 aliphatic carbocycles. The molecule has 17 heavy (non-hydrogen) atoms. The summed E-state index contributed by atoms with van der Waals surface area (Å²) >= 11 is 0. The van der Waals surface area contributed by atoms with Gasteiger partial charge in [-0.1, -0.05) is 6.07 Å². The molecule has 1 aromatic heterocycles. The SMILES string of the molecule is Cc1ccc(CNC(=O)c2cccc(N)c2)o1. The van der Waals surface area contributed by atoms with Crippen molar-refractivity contribution in [3.63, 3.8) is 0 Å². The van der Waals surface area contributed by atoms with Gasteiger partial charge in [0.25, 0.3) is 5.91 Å². The Morgan fingerprint density at radius 2 is 2.18 bits per heavy atom. The van der Waals surface area contributed by atoms with Crippen LogP contribution in [0.25, 0.3) is 0 Å². The molecule has 0 aliphatic rings. The van der Waals surface area contributed by atoms with Gasteiger partial charge in [-0.25, -0.2) is 0 Å². The van der Waals surface area contributed by atoms with E-state index in [2.05, 4.69) is 5.32 Å². The molecule has 4 nitrogen and oxygen atoms in total. The van der Waals surface area contributed by atoms with Crippen LogP contribution in [0.1, 0.15) is 21.9 Å². The maximum absolute atomic E-state index is 11.8. The van der Waals surface area contributed by atoms with Crippen molar-refractivity contribution in [1.82, 2.24) is 5.32 Å². The lowest BCUT2D eigenvalue weighted by atomic mass is 10.2. The maximum Gasteiger partial charge on any atom is 0.251 e. The molecular weight excluding hydrogens is 216 g/mol. The summed E-state index contributed by atoms with van der Waals surface area (Å²) in [6, 6.07) is 10.6. The first-order valence-corrected chi connectivity index (χ1v) is 5.34. The van der Waals surface area contributed by atoms with Gasteiger partial charge in [0.2, 0.25) is 0 Å². The van der Waals surface area contributed by atoms with Gasteiger partial charge in [-0.15, -0.1) is 0 Å². The number of aryl methyl sites for hydroxylation is 1. The molecule has 0 radical (unpaired) electrons. The third-order valence-corrected chi connectivity index (χ3v) is 2.37. The summed E-state index contributed by atoms with van der Waals surface area (Å²) in [5.41, 5.74) is 6.73. The number of nitrogen functional groups attached to an aromatic ring is 1. The number of carbonyl (C=O) groups excluding carboxylic acids is 1. The molecule has 2 rings (SSSR count). The second-order valence-corrected chi connectivity index (χ2v) is 3.82. The van der Waals surface area contributed by atoms with E-state index in [1.807, 2.05) is 19.1 Å². The molecule has 0 bridgehead atoms. The summed E-state index contributed by atoms with van der Waals surface area (Å²) in [7, 11) is 0. The Balaban J connectivity index is 1.98. The number of nitrogens with two attached hydrogens (primary N) is 1. The Morgan fingerprint density at radius 3 is 2.82 bits per heavy atom. The van der Waals surface area contributed by atoms with Crippen LogP contribution in [0.2, 0.25) is 0 Å². The van der Waals surface area contributed by atoms with Crippen LogP contribution in [0.15, 0.2) is 40.8 Å². The van der Waals surface area contributed by atoms with Gasteiger partial charge < -0.3 is 15.5 Å². The smallest absolute Gasteiger partial charge is 0.251 e. The van der Waals surface area contributed by atoms with Crippen LogP contribution in [0.4, 0.5) is 5.69 Å². The van der Waals surface area contributed by atoms with Crippen LogP contribution in [0.3, 0.4) is 0 Å². The minimum absolute atomic E-state index is 0.161. The Labute approximate surface area is 99.4 Å². The highest BCUT2D eigenvalue weighted by Crippen LogP contribution is 2.08. The maximum atomic E-state index is 11.8. The predicted molar refractivity (Wildman–Crippen MR) is 65.5 cm³/mol. The average molecular weight is 230 g/mol. The van der Waals surface area contributed by atoms with Gasteiger partial charge in [0.1, 0.15) is 11.5 Å². The third-order valence-electron chi connectivity index (χ3n) is 2.37. The van der Waals surface area contributed by atoms with E-state index in [4.69, 9.17) is 10.2 Å². The molecule has 0 fully saturated rings. The molecule has 1 amide bonds. The number of anilines is 1. The number of amides is 1. The topological polar surface area (TPSA) is 68.3 Å². The minimum Gasteiger partial charge on any atom is -0.465 e. The van der Waals surface area contributed by atoms with Gasteiger partial charge in [-0.3, -0.25) is 4.79 Å². The van der Waals surface area contributed by atoms with Crippen molar-refractivity contribution < 1.29 is 9.21 Å². The Kier molecular flexibility index (Phi) is 3.14. The first kappa shape index (κ1) is 11.3. The Hall–Kier alpha value is -2.23. The van der Waals surface area contributed by atoms with E-state index < -0.39 is 0 Å². The predicted octanol–water partition coefficient (Wildman–Crippen LogP) is 2.10. The minimum atomic E-state index is -0.161. The number of furan rings is 1. The third kappa shape index (κ3) is 2.87. The van der Waals surface area contributed by atoms with Crippen molar-refractivity contribution in [3.8, 4) is 0 Å². The second-order valence-electron chi connectivity index (χ2n) is 3.82. The van der Waals surface area contributed by atoms with Crippen molar-refractivity contribution in [1.29, 1.82) is 0 Å². The number of hydrogen-bond donors (Lipinski definition) is 2. The number of hydrogen-bond acceptors (Lipinski definition) is 3. The normalized spacial score (nSPS) is 10.2. The van der Waals surface area contributed by atoms with Gasteiger partial charge in [-0.2, -0.15) is 0 Å². The van der Waals surface area contributed by atoms with Crippen molar-refractivity contribution in [3.05, 3.63) is 53.5 Å². The van der Waals surface area contributed by atoms with E-state index in [1.165, 1.54) is 0 Å². The number of rotatable bonds is 3. The molecule has 88 valence electrons. The molecule has 0 atom stereocenters. The molecule has 1 aromatic carbocycles. The summed E-state index contributed by atoms with van der Waals surface area (Å²) in [5.74, 6) is 1.41. The molecule has 3 N–H and O–H groups in total. The monoisotopic (exact) mass is 230 g/mol. The highest BCUT2D eigenvalue weighted by Gasteiger charge is 2.06. The van der Waals surface area contributed by atoms with Crippen LogP contribution in [-0.4, -0.2) is 5.91 Å². The van der Waals surface area contributed by atoms with E-state index in [0.717, 1.165) is 11.5 Å². The largest absolute Gasteiger partial charge is 0.465 e. The molecule has 2 aromatic rings. The van der Waals surface area contributed by atoms with Crippen LogP contribution >= 0.6 is 0 Å². The summed E-state index contributed by atoms with van der Waals surface area (Å²) < 4.78 is 5.35. The van der Waals surface area contributed by atoms with Gasteiger partial charge in [0.15, 0.2) is 0 Å². The van der Waals surface area contributed by atoms with Crippen LogP contribution in [0, 0.1) is 6.92 Å². The quantitative estimate of drug-likeness (QED) is 0.793. The highest BCUT2D eigenvalue weighted by atomic mass is 16.3. The molecule has 0 saturated heterocycles. The van der Waals surface area contributed by atoms with Crippen molar-refractivity contribution in [2.75, 3.05) is 5.73 Å². The number of nitrogens with one attached hydrogen (secondary N) is 1. The summed E-state index contributed by atoms with van der Waals surface area (Å²) in [6.45, 7) is 2.24. The van der Waals surface area contributed by atoms with Gasteiger partial charge >= 0.3 is 0 Å². The summed E-state index contributed by atoms with van der Waals surface area (Å²) in [6.07, 6.45) is 0. The van der Waals surface area contributed by atoms with E-state index in [-0.39, 0.29) is 5.91 Å². The summed E-state index contributed by atoms with van der Waals surface area (Å²) in [4.78, 5) is 11.8. The molecule has 0 aliphatic heterocycles. The molecule has 0 spiro atoms. The molecule has 0 saturated carbocycles. The fraction of sp³-hybridized carbons (Fsp3) is 0.154. The van der Waals surface area contributed by atoms with E-state index in [9.17, 15) is 4.79 Å². The number of carbonyl (C=O) groups is 1.